The van der Waals surface area contributed by atoms with E-state index >= 15 is 0 Å². The van der Waals surface area contributed by atoms with Crippen LogP contribution in [-0.2, 0) is 4.79 Å². The highest BCUT2D eigenvalue weighted by Crippen LogP contribution is 2.32. The zero-order valence-corrected chi connectivity index (χ0v) is 17.6. The number of thiazole rings is 1. The summed E-state index contributed by atoms with van der Waals surface area (Å²) in [4.78, 5) is 37.8. The largest absolute Gasteiger partial charge is 0.481 e. The first-order chi connectivity index (χ1) is 14.9. The second kappa shape index (κ2) is 8.80. The number of hydrogen-bond donors (Lipinski definition) is 3. The first-order valence-corrected chi connectivity index (χ1v) is 10.7. The van der Waals surface area contributed by atoms with Gasteiger partial charge < -0.3 is 15.3 Å². The molecule has 1 atom stereocenters. The third kappa shape index (κ3) is 4.55. The van der Waals surface area contributed by atoms with Crippen LogP contribution in [0.4, 0.5) is 20.3 Å². The van der Waals surface area contributed by atoms with Crippen LogP contribution in [0.25, 0.3) is 21.3 Å². The third-order valence-corrected chi connectivity index (χ3v) is 5.97. The minimum absolute atomic E-state index is 0.302. The summed E-state index contributed by atoms with van der Waals surface area (Å²) in [5.74, 6) is -1.27. The number of carbonyl (C=O) groups excluding carboxylic acids is 1. The van der Waals surface area contributed by atoms with Crippen molar-refractivity contribution >= 4 is 44.6 Å². The van der Waals surface area contributed by atoms with Crippen LogP contribution >= 0.6 is 11.3 Å². The van der Waals surface area contributed by atoms with Crippen molar-refractivity contribution in [3.63, 3.8) is 0 Å². The van der Waals surface area contributed by atoms with Gasteiger partial charge in [0.05, 0.1) is 16.1 Å². The molecule has 4 rings (SSSR count). The van der Waals surface area contributed by atoms with Gasteiger partial charge in [-0.25, -0.2) is 24.1 Å². The molecule has 162 valence electrons. The number of aliphatic carboxylic acids is 1. The Balaban J connectivity index is 1.56. The van der Waals surface area contributed by atoms with Crippen LogP contribution in [0.5, 0.6) is 0 Å². The van der Waals surface area contributed by atoms with E-state index in [9.17, 15) is 19.1 Å². The van der Waals surface area contributed by atoms with Gasteiger partial charge in [0.2, 0.25) is 5.95 Å². The topological polar surface area (TPSA) is 120 Å². The molecule has 0 bridgehead atoms. The first-order valence-electron chi connectivity index (χ1n) is 9.89. The molecule has 2 aromatic heterocycles. The fourth-order valence-electron chi connectivity index (χ4n) is 3.51. The summed E-state index contributed by atoms with van der Waals surface area (Å²) >= 11 is 1.18. The highest BCUT2D eigenvalue weighted by molar-refractivity contribution is 7.22. The number of piperidine rings is 1. The molecule has 0 aliphatic carbocycles. The quantitative estimate of drug-likeness (QED) is 0.552. The molecule has 0 saturated carbocycles. The lowest BCUT2D eigenvalue weighted by Crippen LogP contribution is -2.39. The van der Waals surface area contributed by atoms with E-state index in [4.69, 9.17) is 0 Å². The second-order valence-electron chi connectivity index (χ2n) is 7.20. The minimum atomic E-state index is -0.819. The van der Waals surface area contributed by atoms with Crippen LogP contribution in [0.3, 0.4) is 0 Å². The molecular formula is C20H21FN6O3S. The fourth-order valence-corrected chi connectivity index (χ4v) is 4.38. The van der Waals surface area contributed by atoms with E-state index < -0.39 is 17.7 Å². The van der Waals surface area contributed by atoms with Gasteiger partial charge in [0.15, 0.2) is 5.13 Å². The molecule has 0 spiro atoms. The molecule has 3 heterocycles. The predicted molar refractivity (Wildman–Crippen MR) is 116 cm³/mol. The van der Waals surface area contributed by atoms with Crippen LogP contribution in [0.1, 0.15) is 19.8 Å². The molecule has 1 aliphatic rings. The van der Waals surface area contributed by atoms with Gasteiger partial charge in [-0.05, 0) is 31.9 Å². The number of rotatable bonds is 5. The van der Waals surface area contributed by atoms with Gasteiger partial charge in [-0.3, -0.25) is 10.1 Å². The lowest BCUT2D eigenvalue weighted by atomic mass is 9.99. The van der Waals surface area contributed by atoms with Crippen molar-refractivity contribution in [1.82, 2.24) is 20.3 Å². The van der Waals surface area contributed by atoms with E-state index in [1.54, 1.807) is 6.07 Å². The Morgan fingerprint density at radius 2 is 2.10 bits per heavy atom. The maximum atomic E-state index is 14.7. The van der Waals surface area contributed by atoms with Gasteiger partial charge >= 0.3 is 12.0 Å². The number of nitrogens with zero attached hydrogens (tertiary/aromatic N) is 4. The average Bonchev–Trinajstić information content (AvgIpc) is 3.14. The molecule has 1 saturated heterocycles. The maximum absolute atomic E-state index is 14.7. The molecule has 1 unspecified atom stereocenters. The highest BCUT2D eigenvalue weighted by Gasteiger charge is 2.26. The Morgan fingerprint density at radius 1 is 1.32 bits per heavy atom. The molecule has 1 fully saturated rings. The molecule has 2 amide bonds. The number of carboxylic acids is 1. The fraction of sp³-hybridized carbons (Fsp3) is 0.350. The molecule has 3 aromatic rings. The van der Waals surface area contributed by atoms with Gasteiger partial charge in [-0.1, -0.05) is 11.3 Å². The lowest BCUT2D eigenvalue weighted by Gasteiger charge is -2.30. The van der Waals surface area contributed by atoms with E-state index in [-0.39, 0.29) is 6.03 Å². The first kappa shape index (κ1) is 20.9. The number of carboxylic acid groups (broad SMARTS) is 1. The van der Waals surface area contributed by atoms with E-state index in [1.807, 2.05) is 11.8 Å². The third-order valence-electron chi connectivity index (χ3n) is 5.04. The smallest absolute Gasteiger partial charge is 0.321 e. The number of aromatic nitrogens is 3. The maximum Gasteiger partial charge on any atom is 0.321 e. The predicted octanol–water partition coefficient (Wildman–Crippen LogP) is 3.33. The van der Waals surface area contributed by atoms with E-state index in [2.05, 4.69) is 25.6 Å². The monoisotopic (exact) mass is 444 g/mol. The van der Waals surface area contributed by atoms with E-state index in [0.717, 1.165) is 6.42 Å². The molecule has 1 aromatic carbocycles. The zero-order valence-electron chi connectivity index (χ0n) is 16.8. The van der Waals surface area contributed by atoms with Crippen LogP contribution in [-0.4, -0.2) is 51.7 Å². The van der Waals surface area contributed by atoms with Crippen molar-refractivity contribution in [3.05, 3.63) is 30.3 Å². The summed E-state index contributed by atoms with van der Waals surface area (Å²) < 4.78 is 15.4. The highest BCUT2D eigenvalue weighted by atomic mass is 32.1. The average molecular weight is 444 g/mol. The lowest BCUT2D eigenvalue weighted by molar-refractivity contribution is -0.141. The van der Waals surface area contributed by atoms with Crippen molar-refractivity contribution in [2.75, 3.05) is 29.9 Å². The van der Waals surface area contributed by atoms with Crippen molar-refractivity contribution in [1.29, 1.82) is 0 Å². The summed E-state index contributed by atoms with van der Waals surface area (Å²) in [5, 5.41) is 14.9. The summed E-state index contributed by atoms with van der Waals surface area (Å²) in [6, 6.07) is 2.61. The van der Waals surface area contributed by atoms with E-state index in [1.165, 1.54) is 29.8 Å². The number of fused-ring (bicyclic) bond motifs is 1. The van der Waals surface area contributed by atoms with Gasteiger partial charge in [0.1, 0.15) is 5.82 Å². The Kier molecular flexibility index (Phi) is 5.94. The SMILES string of the molecule is CCNC(=O)Nc1nc2cc(-c3cnc(N4CCCC(C(=O)O)C4)nc3)c(F)cc2s1. The molecule has 11 heteroatoms. The second-order valence-corrected chi connectivity index (χ2v) is 8.23. The van der Waals surface area contributed by atoms with Gasteiger partial charge in [-0.2, -0.15) is 0 Å². The Hall–Kier alpha value is -3.34. The van der Waals surface area contributed by atoms with Crippen LogP contribution < -0.4 is 15.5 Å². The number of urea groups is 1. The molecular weight excluding hydrogens is 423 g/mol. The minimum Gasteiger partial charge on any atom is -0.481 e. The van der Waals surface area contributed by atoms with Crippen LogP contribution in [0.2, 0.25) is 0 Å². The summed E-state index contributed by atoms with van der Waals surface area (Å²) in [6.45, 7) is 3.33. The number of nitrogens with one attached hydrogen (secondary N) is 2. The molecule has 31 heavy (non-hydrogen) atoms. The van der Waals surface area contributed by atoms with Crippen molar-refractivity contribution in [2.24, 2.45) is 5.92 Å². The molecule has 1 aliphatic heterocycles. The number of hydrogen-bond acceptors (Lipinski definition) is 7. The number of benzene rings is 1. The molecule has 3 N–H and O–H groups in total. The van der Waals surface area contributed by atoms with Gasteiger partial charge in [-0.15, -0.1) is 0 Å². The van der Waals surface area contributed by atoms with Crippen molar-refractivity contribution in [2.45, 2.75) is 19.8 Å². The Labute approximate surface area is 181 Å². The van der Waals surface area contributed by atoms with Gasteiger partial charge in [0, 0.05) is 43.2 Å². The summed E-state index contributed by atoms with van der Waals surface area (Å²) in [6.07, 6.45) is 4.44. The standard InChI is InChI=1S/C20H21FN6O3S/c1-2-22-19(30)26-20-25-15-6-13(14(21)7-16(15)31-20)12-8-23-18(24-9-12)27-5-3-4-11(10-27)17(28)29/h6-9,11H,2-5,10H2,1H3,(H,28,29)(H2,22,25,26,30). The normalized spacial score (nSPS) is 16.3. The Morgan fingerprint density at radius 3 is 2.81 bits per heavy atom. The number of anilines is 2. The molecule has 0 radical (unpaired) electrons. The van der Waals surface area contributed by atoms with Crippen molar-refractivity contribution in [3.8, 4) is 11.1 Å². The number of halogens is 1. The number of carbonyl (C=O) groups is 2. The summed E-state index contributed by atoms with van der Waals surface area (Å²) in [5.41, 5.74) is 1.34. The Bertz CT molecular complexity index is 1120. The molecule has 9 nitrogen and oxygen atoms in total. The zero-order chi connectivity index (χ0) is 22.0. The van der Waals surface area contributed by atoms with Crippen molar-refractivity contribution < 1.29 is 19.1 Å². The summed E-state index contributed by atoms with van der Waals surface area (Å²) in [7, 11) is 0. The van der Waals surface area contributed by atoms with Gasteiger partial charge in [0.25, 0.3) is 0 Å². The van der Waals surface area contributed by atoms with E-state index in [0.29, 0.717) is 58.5 Å². The van der Waals surface area contributed by atoms with Crippen LogP contribution in [0, 0.1) is 11.7 Å². The number of amides is 2. The van der Waals surface area contributed by atoms with Crippen LogP contribution in [0.15, 0.2) is 24.5 Å².